The van der Waals surface area contributed by atoms with Gasteiger partial charge in [-0.1, -0.05) is 12.1 Å². The summed E-state index contributed by atoms with van der Waals surface area (Å²) in [5, 5.41) is 4.19. The molecule has 2 aromatic rings. The second kappa shape index (κ2) is 7.47. The number of hydrogen-bond donors (Lipinski definition) is 1. The maximum absolute atomic E-state index is 12.4. The molecule has 1 aromatic heterocycles. The minimum atomic E-state index is -0.158. The van der Waals surface area contributed by atoms with Gasteiger partial charge in [0.25, 0.3) is 0 Å². The van der Waals surface area contributed by atoms with E-state index in [1.54, 1.807) is 23.0 Å². The lowest BCUT2D eigenvalue weighted by Crippen LogP contribution is -2.52. The van der Waals surface area contributed by atoms with Gasteiger partial charge in [0.1, 0.15) is 18.1 Å². The third-order valence-electron chi connectivity index (χ3n) is 4.40. The minimum Gasteiger partial charge on any atom is -0.497 e. The second-order valence-corrected chi connectivity index (χ2v) is 6.35. The van der Waals surface area contributed by atoms with E-state index in [2.05, 4.69) is 5.10 Å². The Balaban J connectivity index is 1.58. The lowest BCUT2D eigenvalue weighted by molar-refractivity contribution is -0.146. The molecule has 0 unspecified atom stereocenters. The number of carbonyl (C=O) groups excluding carboxylic acids is 2. The van der Waals surface area contributed by atoms with Crippen LogP contribution in [-0.2, 0) is 22.7 Å². The number of carbonyl (C=O) groups is 2. The molecule has 0 saturated carbocycles. The molecule has 0 radical (unpaired) electrons. The van der Waals surface area contributed by atoms with Crippen LogP contribution in [-0.4, -0.2) is 58.1 Å². The molecule has 8 nitrogen and oxygen atoms in total. The average Bonchev–Trinajstić information content (AvgIpc) is 2.94. The van der Waals surface area contributed by atoms with Gasteiger partial charge in [-0.25, -0.2) is 4.68 Å². The molecule has 1 aromatic carbocycles. The zero-order valence-electron chi connectivity index (χ0n) is 15.0. The Kier molecular flexibility index (Phi) is 5.11. The summed E-state index contributed by atoms with van der Waals surface area (Å²) in [5.74, 6) is 0.973. The smallest absolute Gasteiger partial charge is 0.244 e. The van der Waals surface area contributed by atoms with Gasteiger partial charge in [0, 0.05) is 25.7 Å². The van der Waals surface area contributed by atoms with Crippen molar-refractivity contribution in [2.75, 3.05) is 32.5 Å². The highest BCUT2D eigenvalue weighted by atomic mass is 16.5. The number of nitrogen functional groups attached to an aromatic ring is 1. The first-order chi connectivity index (χ1) is 12.5. The highest BCUT2D eigenvalue weighted by Gasteiger charge is 2.27. The fraction of sp³-hybridized carbons (Fsp3) is 0.389. The Morgan fingerprint density at radius 2 is 2.12 bits per heavy atom. The Bertz CT molecular complexity index is 817. The number of aromatic nitrogens is 2. The minimum absolute atomic E-state index is 0.0445. The fourth-order valence-electron chi connectivity index (χ4n) is 3.00. The summed E-state index contributed by atoms with van der Waals surface area (Å²) in [6.45, 7) is 3.43. The van der Waals surface area contributed by atoms with Gasteiger partial charge in [-0.3, -0.25) is 9.59 Å². The molecule has 26 heavy (non-hydrogen) atoms. The highest BCUT2D eigenvalue weighted by Crippen LogP contribution is 2.16. The predicted molar refractivity (Wildman–Crippen MR) is 96.4 cm³/mol. The molecule has 1 aliphatic heterocycles. The number of nitrogens with zero attached hydrogens (tertiary/aromatic N) is 4. The van der Waals surface area contributed by atoms with Crippen LogP contribution < -0.4 is 10.5 Å². The van der Waals surface area contributed by atoms with Crippen molar-refractivity contribution in [2.24, 2.45) is 0 Å². The number of methoxy groups -OCH3 is 1. The van der Waals surface area contributed by atoms with Crippen LogP contribution in [0.3, 0.4) is 0 Å². The summed E-state index contributed by atoms with van der Waals surface area (Å²) in [6, 6.07) is 9.34. The van der Waals surface area contributed by atoms with Crippen molar-refractivity contribution < 1.29 is 14.3 Å². The number of rotatable bonds is 5. The molecule has 2 heterocycles. The molecule has 1 saturated heterocycles. The van der Waals surface area contributed by atoms with Crippen molar-refractivity contribution >= 4 is 17.6 Å². The third kappa shape index (κ3) is 3.96. The van der Waals surface area contributed by atoms with Crippen LogP contribution in [0.25, 0.3) is 0 Å². The standard InChI is InChI=1S/C18H23N5O3/c1-13-8-16(19)23(20-13)12-18(25)22-7-6-21(17(24)11-22)10-14-4-3-5-15(9-14)26-2/h3-5,8-9H,6-7,10-12,19H2,1-2H3. The first kappa shape index (κ1) is 17.8. The molecule has 1 fully saturated rings. The summed E-state index contributed by atoms with van der Waals surface area (Å²) in [6.07, 6.45) is 0. The lowest BCUT2D eigenvalue weighted by Gasteiger charge is -2.34. The monoisotopic (exact) mass is 357 g/mol. The molecule has 2 amide bonds. The Morgan fingerprint density at radius 1 is 1.31 bits per heavy atom. The summed E-state index contributed by atoms with van der Waals surface area (Å²) in [4.78, 5) is 28.2. The fourth-order valence-corrected chi connectivity index (χ4v) is 3.00. The number of nitrogens with two attached hydrogens (primary N) is 1. The van der Waals surface area contributed by atoms with Crippen LogP contribution in [0, 0.1) is 6.92 Å². The predicted octanol–water partition coefficient (Wildman–Crippen LogP) is 0.653. The zero-order valence-corrected chi connectivity index (χ0v) is 15.0. The molecule has 1 aliphatic rings. The summed E-state index contributed by atoms with van der Waals surface area (Å²) < 4.78 is 6.68. The number of hydrogen-bond acceptors (Lipinski definition) is 5. The zero-order chi connectivity index (χ0) is 18.7. The normalized spacial score (nSPS) is 14.6. The van der Waals surface area contributed by atoms with E-state index in [1.165, 1.54) is 4.68 Å². The number of benzene rings is 1. The summed E-state index contributed by atoms with van der Waals surface area (Å²) in [7, 11) is 1.61. The SMILES string of the molecule is COc1cccc(CN2CCN(C(=O)Cn3nc(C)cc3N)CC2=O)c1. The van der Waals surface area contributed by atoms with Gasteiger partial charge in [-0.2, -0.15) is 5.10 Å². The maximum atomic E-state index is 12.4. The molecule has 138 valence electrons. The van der Waals surface area contributed by atoms with Crippen molar-refractivity contribution in [2.45, 2.75) is 20.0 Å². The molecule has 2 N–H and O–H groups in total. The number of piperazine rings is 1. The van der Waals surface area contributed by atoms with E-state index in [1.807, 2.05) is 31.2 Å². The van der Waals surface area contributed by atoms with E-state index < -0.39 is 0 Å². The van der Waals surface area contributed by atoms with Gasteiger partial charge in [0.2, 0.25) is 11.8 Å². The molecule has 0 bridgehead atoms. The van der Waals surface area contributed by atoms with Crippen molar-refractivity contribution in [3.63, 3.8) is 0 Å². The molecule has 8 heteroatoms. The number of aryl methyl sites for hydroxylation is 1. The van der Waals surface area contributed by atoms with Gasteiger partial charge in [0.05, 0.1) is 19.3 Å². The van der Waals surface area contributed by atoms with Gasteiger partial charge >= 0.3 is 0 Å². The second-order valence-electron chi connectivity index (χ2n) is 6.35. The van der Waals surface area contributed by atoms with E-state index in [0.29, 0.717) is 25.5 Å². The van der Waals surface area contributed by atoms with E-state index in [9.17, 15) is 9.59 Å². The Hall–Kier alpha value is -3.03. The third-order valence-corrected chi connectivity index (χ3v) is 4.40. The number of ether oxygens (including phenoxy) is 1. The van der Waals surface area contributed by atoms with Gasteiger partial charge in [-0.05, 0) is 24.6 Å². The summed E-state index contributed by atoms with van der Waals surface area (Å²) >= 11 is 0. The average molecular weight is 357 g/mol. The number of amides is 2. The Labute approximate surface area is 152 Å². The van der Waals surface area contributed by atoms with Crippen molar-refractivity contribution in [3.05, 3.63) is 41.6 Å². The van der Waals surface area contributed by atoms with E-state index >= 15 is 0 Å². The first-order valence-corrected chi connectivity index (χ1v) is 8.44. The largest absolute Gasteiger partial charge is 0.497 e. The first-order valence-electron chi connectivity index (χ1n) is 8.44. The van der Waals surface area contributed by atoms with Crippen molar-refractivity contribution in [3.8, 4) is 5.75 Å². The van der Waals surface area contributed by atoms with E-state index in [4.69, 9.17) is 10.5 Å². The van der Waals surface area contributed by atoms with Crippen LogP contribution in [0.2, 0.25) is 0 Å². The molecular weight excluding hydrogens is 334 g/mol. The van der Waals surface area contributed by atoms with E-state index in [-0.39, 0.29) is 24.9 Å². The molecule has 0 atom stereocenters. The lowest BCUT2D eigenvalue weighted by atomic mass is 10.2. The van der Waals surface area contributed by atoms with Gasteiger partial charge < -0.3 is 20.3 Å². The van der Waals surface area contributed by atoms with E-state index in [0.717, 1.165) is 17.0 Å². The molecule has 0 spiro atoms. The maximum Gasteiger partial charge on any atom is 0.244 e. The Morgan fingerprint density at radius 3 is 2.77 bits per heavy atom. The highest BCUT2D eigenvalue weighted by molar-refractivity contribution is 5.86. The van der Waals surface area contributed by atoms with Crippen molar-refractivity contribution in [1.29, 1.82) is 0 Å². The topological polar surface area (TPSA) is 93.7 Å². The van der Waals surface area contributed by atoms with Gasteiger partial charge in [0.15, 0.2) is 0 Å². The molecule has 3 rings (SSSR count). The quantitative estimate of drug-likeness (QED) is 0.848. The van der Waals surface area contributed by atoms with Crippen LogP contribution in [0.4, 0.5) is 5.82 Å². The number of anilines is 1. The van der Waals surface area contributed by atoms with Crippen molar-refractivity contribution in [1.82, 2.24) is 19.6 Å². The van der Waals surface area contributed by atoms with Gasteiger partial charge in [-0.15, -0.1) is 0 Å². The molecule has 0 aliphatic carbocycles. The van der Waals surface area contributed by atoms with Crippen LogP contribution >= 0.6 is 0 Å². The molecular formula is C18H23N5O3. The van der Waals surface area contributed by atoms with Crippen LogP contribution in [0.5, 0.6) is 5.75 Å². The summed E-state index contributed by atoms with van der Waals surface area (Å²) in [5.41, 5.74) is 7.58. The van der Waals surface area contributed by atoms with Crippen LogP contribution in [0.1, 0.15) is 11.3 Å². The van der Waals surface area contributed by atoms with Crippen LogP contribution in [0.15, 0.2) is 30.3 Å².